The van der Waals surface area contributed by atoms with Gasteiger partial charge >= 0.3 is 0 Å². The number of likely N-dealkylation sites (tertiary alicyclic amines) is 1. The number of carbonyl (C=O) groups is 2. The summed E-state index contributed by atoms with van der Waals surface area (Å²) in [6.45, 7) is 9.57. The smallest absolute Gasteiger partial charge is 0.280 e. The Morgan fingerprint density at radius 1 is 1.15 bits per heavy atom. The van der Waals surface area contributed by atoms with Crippen LogP contribution in [0.2, 0.25) is 0 Å². The van der Waals surface area contributed by atoms with Gasteiger partial charge in [0.05, 0.1) is 6.04 Å². The van der Waals surface area contributed by atoms with E-state index in [1.807, 2.05) is 38.4 Å². The zero-order chi connectivity index (χ0) is 29.3. The monoisotopic (exact) mass is 576 g/mol. The molecule has 1 aromatic carbocycles. The molecule has 1 aliphatic carbocycles. The Balaban J connectivity index is 1.34. The summed E-state index contributed by atoms with van der Waals surface area (Å²) < 4.78 is 0. The number of benzene rings is 1. The highest BCUT2D eigenvalue weighted by Gasteiger charge is 2.30. The van der Waals surface area contributed by atoms with Crippen LogP contribution < -0.4 is 10.6 Å². The molecule has 2 aromatic heterocycles. The van der Waals surface area contributed by atoms with Gasteiger partial charge in [0.15, 0.2) is 5.01 Å². The number of aromatic nitrogens is 2. The van der Waals surface area contributed by atoms with E-state index in [1.54, 1.807) is 0 Å². The number of nitrogens with zero attached hydrogens (tertiary/aromatic N) is 4. The average molecular weight is 577 g/mol. The Morgan fingerprint density at radius 2 is 1.95 bits per heavy atom. The zero-order valence-corrected chi connectivity index (χ0v) is 26.1. The summed E-state index contributed by atoms with van der Waals surface area (Å²) in [5.41, 5.74) is 5.01. The van der Waals surface area contributed by atoms with Gasteiger partial charge in [-0.25, -0.2) is 9.97 Å². The zero-order valence-electron chi connectivity index (χ0n) is 25.3. The maximum Gasteiger partial charge on any atom is 0.280 e. The van der Waals surface area contributed by atoms with Gasteiger partial charge in [0, 0.05) is 23.8 Å². The van der Waals surface area contributed by atoms with E-state index in [2.05, 4.69) is 54.3 Å². The van der Waals surface area contributed by atoms with Crippen molar-refractivity contribution in [1.29, 1.82) is 0 Å². The molecule has 41 heavy (non-hydrogen) atoms. The Kier molecular flexibility index (Phi) is 8.78. The van der Waals surface area contributed by atoms with Crippen LogP contribution in [0.15, 0.2) is 30.3 Å². The first-order chi connectivity index (χ1) is 19.5. The molecule has 2 aliphatic rings. The van der Waals surface area contributed by atoms with Gasteiger partial charge in [0.25, 0.3) is 11.8 Å². The summed E-state index contributed by atoms with van der Waals surface area (Å²) in [4.78, 5) is 41.4. The molecule has 0 unspecified atom stereocenters. The first kappa shape index (κ1) is 29.6. The Bertz CT molecular complexity index is 1410. The molecule has 8 nitrogen and oxygen atoms in total. The second-order valence-electron chi connectivity index (χ2n) is 13.2. The van der Waals surface area contributed by atoms with E-state index in [9.17, 15) is 9.59 Å². The SMILES string of the molecule is CN(C)CC[C@@H](NC(=O)c1nc2cc3c(nc2s1)CC[C@H](C(C)(C)C)C3)c1cccc(C(=O)N[C@H]2CCN(C)C2)c1. The molecule has 3 aromatic rings. The molecular weight excluding hydrogens is 532 g/mol. The summed E-state index contributed by atoms with van der Waals surface area (Å²) >= 11 is 1.36. The van der Waals surface area contributed by atoms with E-state index in [0.29, 0.717) is 22.9 Å². The van der Waals surface area contributed by atoms with Crippen LogP contribution in [0.25, 0.3) is 10.3 Å². The summed E-state index contributed by atoms with van der Waals surface area (Å²) in [6, 6.07) is 9.70. The second-order valence-corrected chi connectivity index (χ2v) is 14.2. The van der Waals surface area contributed by atoms with E-state index >= 15 is 0 Å². The largest absolute Gasteiger partial charge is 0.348 e. The molecule has 3 heterocycles. The number of fused-ring (bicyclic) bond motifs is 2. The fraction of sp³-hybridized carbons (Fsp3) is 0.562. The van der Waals surface area contributed by atoms with Gasteiger partial charge < -0.3 is 20.4 Å². The van der Waals surface area contributed by atoms with Crippen molar-refractivity contribution in [2.24, 2.45) is 11.3 Å². The quantitative estimate of drug-likeness (QED) is 0.404. The molecule has 0 radical (unpaired) electrons. The predicted octanol–water partition coefficient (Wildman–Crippen LogP) is 4.70. The van der Waals surface area contributed by atoms with Crippen LogP contribution in [0.3, 0.4) is 0 Å². The molecule has 9 heteroatoms. The van der Waals surface area contributed by atoms with Crippen LogP contribution in [-0.2, 0) is 12.8 Å². The minimum atomic E-state index is -0.254. The van der Waals surface area contributed by atoms with Crippen LogP contribution in [0, 0.1) is 11.3 Å². The van der Waals surface area contributed by atoms with Crippen LogP contribution in [0.5, 0.6) is 0 Å². The molecule has 0 spiro atoms. The number of likely N-dealkylation sites (N-methyl/N-ethyl adjacent to an activating group) is 1. The van der Waals surface area contributed by atoms with Crippen molar-refractivity contribution in [3.63, 3.8) is 0 Å². The van der Waals surface area contributed by atoms with Crippen molar-refractivity contribution < 1.29 is 9.59 Å². The molecule has 2 amide bonds. The third-order valence-electron chi connectivity index (χ3n) is 8.62. The highest BCUT2D eigenvalue weighted by atomic mass is 32.1. The first-order valence-corrected chi connectivity index (χ1v) is 15.6. The number of aryl methyl sites for hydroxylation is 1. The fourth-order valence-corrected chi connectivity index (χ4v) is 6.84. The highest BCUT2D eigenvalue weighted by Crippen LogP contribution is 2.38. The highest BCUT2D eigenvalue weighted by molar-refractivity contribution is 7.19. The van der Waals surface area contributed by atoms with E-state index in [1.165, 1.54) is 16.9 Å². The van der Waals surface area contributed by atoms with E-state index in [4.69, 9.17) is 9.97 Å². The molecule has 220 valence electrons. The van der Waals surface area contributed by atoms with Gasteiger partial charge in [-0.1, -0.05) is 44.2 Å². The number of hydrogen-bond donors (Lipinski definition) is 2. The Hall–Kier alpha value is -2.88. The van der Waals surface area contributed by atoms with Gasteiger partial charge in [-0.2, -0.15) is 0 Å². The molecule has 0 saturated carbocycles. The minimum Gasteiger partial charge on any atom is -0.348 e. The Morgan fingerprint density at radius 3 is 2.66 bits per heavy atom. The second kappa shape index (κ2) is 12.2. The molecule has 2 N–H and O–H groups in total. The maximum atomic E-state index is 13.5. The predicted molar refractivity (Wildman–Crippen MR) is 166 cm³/mol. The van der Waals surface area contributed by atoms with Crippen LogP contribution in [0.1, 0.15) is 83.1 Å². The number of rotatable bonds is 8. The standard InChI is InChI=1S/C32H44N6O2S/c1-32(2,3)23-10-11-25-22(17-23)18-27-30(35-25)41-31(36-27)29(40)34-26(13-14-37(4)5)20-8-7-9-21(16-20)28(39)33-24-12-15-38(6)19-24/h7-9,16,18,23-24,26H,10-15,17,19H2,1-6H3,(H,33,39)(H,34,40)/t23-,24-,26+/m0/s1. The fourth-order valence-electron chi connectivity index (χ4n) is 6.00. The van der Waals surface area contributed by atoms with Crippen LogP contribution >= 0.6 is 11.3 Å². The number of amides is 2. The van der Waals surface area contributed by atoms with Crippen molar-refractivity contribution in [3.8, 4) is 0 Å². The lowest BCUT2D eigenvalue weighted by Gasteiger charge is -2.34. The van der Waals surface area contributed by atoms with E-state index in [0.717, 1.165) is 66.9 Å². The van der Waals surface area contributed by atoms with Gasteiger partial charge in [-0.05, 0) is 107 Å². The number of hydrogen-bond acceptors (Lipinski definition) is 7. The molecule has 1 saturated heterocycles. The van der Waals surface area contributed by atoms with Crippen LogP contribution in [0.4, 0.5) is 0 Å². The Labute approximate surface area is 247 Å². The van der Waals surface area contributed by atoms with Gasteiger partial charge in [-0.15, -0.1) is 0 Å². The average Bonchev–Trinajstić information content (AvgIpc) is 3.53. The molecule has 1 aliphatic heterocycles. The summed E-state index contributed by atoms with van der Waals surface area (Å²) in [5.74, 6) is 0.344. The molecule has 3 atom stereocenters. The number of nitrogens with one attached hydrogen (secondary N) is 2. The minimum absolute atomic E-state index is 0.0697. The normalized spacial score (nSPS) is 20.3. The third kappa shape index (κ3) is 7.13. The number of carbonyl (C=O) groups excluding carboxylic acids is 2. The van der Waals surface area contributed by atoms with Crippen molar-refractivity contribution in [2.75, 3.05) is 40.8 Å². The lowest BCUT2D eigenvalue weighted by atomic mass is 9.71. The van der Waals surface area contributed by atoms with Crippen molar-refractivity contribution >= 4 is 33.5 Å². The van der Waals surface area contributed by atoms with E-state index < -0.39 is 0 Å². The molecule has 1 fully saturated rings. The summed E-state index contributed by atoms with van der Waals surface area (Å²) in [5, 5.41) is 6.82. The third-order valence-corrected chi connectivity index (χ3v) is 9.58. The number of thiazole rings is 1. The van der Waals surface area contributed by atoms with Gasteiger partial charge in [0.2, 0.25) is 0 Å². The van der Waals surface area contributed by atoms with Crippen molar-refractivity contribution in [1.82, 2.24) is 30.4 Å². The summed E-state index contributed by atoms with van der Waals surface area (Å²) in [7, 11) is 6.11. The van der Waals surface area contributed by atoms with Gasteiger partial charge in [-0.3, -0.25) is 9.59 Å². The molecule has 5 rings (SSSR count). The number of pyridine rings is 1. The summed E-state index contributed by atoms with van der Waals surface area (Å²) in [6.07, 6.45) is 4.79. The maximum absolute atomic E-state index is 13.5. The topological polar surface area (TPSA) is 90.5 Å². The molecular formula is C32H44N6O2S. The first-order valence-electron chi connectivity index (χ1n) is 14.8. The van der Waals surface area contributed by atoms with Crippen molar-refractivity contribution in [3.05, 3.63) is 57.7 Å². The molecule has 0 bridgehead atoms. The van der Waals surface area contributed by atoms with Crippen LogP contribution in [-0.4, -0.2) is 78.4 Å². The van der Waals surface area contributed by atoms with Crippen molar-refractivity contribution in [2.45, 2.75) is 65.0 Å². The lowest BCUT2D eigenvalue weighted by Crippen LogP contribution is -2.36. The lowest BCUT2D eigenvalue weighted by molar-refractivity contribution is 0.0929. The van der Waals surface area contributed by atoms with E-state index in [-0.39, 0.29) is 29.3 Å². The van der Waals surface area contributed by atoms with Gasteiger partial charge in [0.1, 0.15) is 10.3 Å².